The lowest BCUT2D eigenvalue weighted by molar-refractivity contribution is -0.146. The van der Waals surface area contributed by atoms with Gasteiger partial charge in [0.2, 0.25) is 0 Å². The van der Waals surface area contributed by atoms with E-state index in [-0.39, 0.29) is 16.8 Å². The molecule has 41 heavy (non-hydrogen) atoms. The minimum Gasteiger partial charge on any atom is -0.469 e. The molecule has 0 saturated carbocycles. The quantitative estimate of drug-likeness (QED) is 0.220. The van der Waals surface area contributed by atoms with Crippen LogP contribution >= 0.6 is 11.3 Å². The molecular weight excluding hydrogens is 561 g/mol. The largest absolute Gasteiger partial charge is 0.469 e. The number of nitriles is 1. The summed E-state index contributed by atoms with van der Waals surface area (Å²) < 4.78 is 49.5. The lowest BCUT2D eigenvalue weighted by Gasteiger charge is -2.39. The number of carbonyl (C=O) groups excluding carboxylic acids is 1. The highest BCUT2D eigenvalue weighted by atomic mass is 32.2. The summed E-state index contributed by atoms with van der Waals surface area (Å²) >= 11 is 1.24. The van der Waals surface area contributed by atoms with E-state index in [1.54, 1.807) is 35.7 Å². The first-order valence-corrected chi connectivity index (χ1v) is 15.1. The second-order valence-electron chi connectivity index (χ2n) is 9.95. The number of nitrogens with zero attached hydrogens (tertiary/aromatic N) is 3. The maximum Gasteiger partial charge on any atom is 0.312 e. The summed E-state index contributed by atoms with van der Waals surface area (Å²) in [7, 11) is -2.78. The fourth-order valence-electron chi connectivity index (χ4n) is 5.24. The minimum absolute atomic E-state index is 0.0972. The predicted molar refractivity (Wildman–Crippen MR) is 157 cm³/mol. The van der Waals surface area contributed by atoms with Gasteiger partial charge in [0.1, 0.15) is 16.8 Å². The summed E-state index contributed by atoms with van der Waals surface area (Å²) in [5.74, 6) is -1.00. The number of hydrogen-bond acceptors (Lipinski definition) is 7. The van der Waals surface area contributed by atoms with E-state index in [9.17, 15) is 22.9 Å². The summed E-state index contributed by atoms with van der Waals surface area (Å²) in [4.78, 5) is 14.5. The number of hydrogen-bond donors (Lipinski definition) is 0. The number of thiophene rings is 1. The smallest absolute Gasteiger partial charge is 0.312 e. The number of benzene rings is 3. The first-order chi connectivity index (χ1) is 19.7. The van der Waals surface area contributed by atoms with Crippen LogP contribution in [-0.4, -0.2) is 38.6 Å². The van der Waals surface area contributed by atoms with Crippen molar-refractivity contribution in [2.24, 2.45) is 5.92 Å². The van der Waals surface area contributed by atoms with Crippen molar-refractivity contribution in [3.05, 3.63) is 94.4 Å². The zero-order chi connectivity index (χ0) is 28.9. The van der Waals surface area contributed by atoms with Crippen LogP contribution in [-0.2, 0) is 19.6 Å². The van der Waals surface area contributed by atoms with Gasteiger partial charge in [0.05, 0.1) is 29.1 Å². The lowest BCUT2D eigenvalue weighted by atomic mass is 9.97. The van der Waals surface area contributed by atoms with Crippen LogP contribution in [0.2, 0.25) is 0 Å². The van der Waals surface area contributed by atoms with Crippen molar-refractivity contribution in [3.63, 3.8) is 0 Å². The average molecular weight is 586 g/mol. The molecule has 0 unspecified atom stereocenters. The highest BCUT2D eigenvalue weighted by Gasteiger charge is 2.34. The number of methoxy groups -OCH3 is 1. The Bertz CT molecular complexity index is 1960. The monoisotopic (exact) mass is 585 g/mol. The van der Waals surface area contributed by atoms with Gasteiger partial charge in [-0.05, 0) is 61.0 Å². The highest BCUT2D eigenvalue weighted by Crippen LogP contribution is 2.45. The van der Waals surface area contributed by atoms with E-state index in [2.05, 4.69) is 6.07 Å². The van der Waals surface area contributed by atoms with Gasteiger partial charge in [0.25, 0.3) is 10.0 Å². The maximum absolute atomic E-state index is 14.7. The molecular formula is C31H24FN3O4S2. The Balaban J connectivity index is 1.63. The molecule has 0 bridgehead atoms. The van der Waals surface area contributed by atoms with Crippen molar-refractivity contribution in [2.45, 2.75) is 11.8 Å². The Kier molecular flexibility index (Phi) is 6.64. The van der Waals surface area contributed by atoms with Gasteiger partial charge in [-0.1, -0.05) is 29.8 Å². The first-order valence-electron chi connectivity index (χ1n) is 12.8. The lowest BCUT2D eigenvalue weighted by Crippen LogP contribution is -2.50. The molecule has 5 aromatic rings. The van der Waals surface area contributed by atoms with E-state index in [1.807, 2.05) is 36.1 Å². The number of anilines is 1. The molecule has 3 aromatic carbocycles. The van der Waals surface area contributed by atoms with Gasteiger partial charge in [0.15, 0.2) is 0 Å². The van der Waals surface area contributed by atoms with Crippen molar-refractivity contribution in [2.75, 3.05) is 25.1 Å². The number of esters is 1. The van der Waals surface area contributed by atoms with Crippen LogP contribution < -0.4 is 4.90 Å². The molecule has 0 spiro atoms. The summed E-state index contributed by atoms with van der Waals surface area (Å²) in [6.45, 7) is 2.84. The van der Waals surface area contributed by atoms with Gasteiger partial charge in [-0.3, -0.25) is 4.79 Å². The van der Waals surface area contributed by atoms with Crippen LogP contribution in [0.3, 0.4) is 0 Å². The summed E-state index contributed by atoms with van der Waals surface area (Å²) in [6, 6.07) is 21.9. The molecule has 0 N–H and O–H groups in total. The predicted octanol–water partition coefficient (Wildman–Crippen LogP) is 6.20. The van der Waals surface area contributed by atoms with Crippen molar-refractivity contribution >= 4 is 43.9 Å². The van der Waals surface area contributed by atoms with Crippen LogP contribution in [0, 0.1) is 30.0 Å². The SMILES string of the molecule is COC(=O)C1CN(c2cccc(-c3c(-c4csc(C#N)c4)c4cc(F)ccc4n3S(=O)(=O)c3ccc(C)cc3)c2)C1. The Labute approximate surface area is 240 Å². The normalized spacial score (nSPS) is 13.7. The molecule has 10 heteroatoms. The molecule has 1 saturated heterocycles. The van der Waals surface area contributed by atoms with E-state index in [0.717, 1.165) is 11.3 Å². The van der Waals surface area contributed by atoms with Gasteiger partial charge >= 0.3 is 5.97 Å². The number of aromatic nitrogens is 1. The number of carbonyl (C=O) groups is 1. The summed E-state index contributed by atoms with van der Waals surface area (Å²) in [5, 5.41) is 11.7. The zero-order valence-corrected chi connectivity index (χ0v) is 23.8. The third-order valence-electron chi connectivity index (χ3n) is 7.34. The Morgan fingerprint density at radius 1 is 1.05 bits per heavy atom. The van der Waals surface area contributed by atoms with Crippen molar-refractivity contribution in [1.82, 2.24) is 3.97 Å². The fraction of sp³-hybridized carbons (Fsp3) is 0.161. The zero-order valence-electron chi connectivity index (χ0n) is 22.2. The number of fused-ring (bicyclic) bond motifs is 1. The van der Waals surface area contributed by atoms with Gasteiger partial charge in [-0.25, -0.2) is 16.8 Å². The number of rotatable bonds is 6. The van der Waals surface area contributed by atoms with Crippen molar-refractivity contribution < 1.29 is 22.3 Å². The van der Waals surface area contributed by atoms with Crippen LogP contribution in [0.25, 0.3) is 33.3 Å². The number of aryl methyl sites for hydroxylation is 1. The van der Waals surface area contributed by atoms with Gasteiger partial charge in [-0.2, -0.15) is 5.26 Å². The maximum atomic E-state index is 14.7. The molecule has 2 aromatic heterocycles. The summed E-state index contributed by atoms with van der Waals surface area (Å²) in [5.41, 5.74) is 4.14. The van der Waals surface area contributed by atoms with Gasteiger partial charge in [0, 0.05) is 40.7 Å². The standard InChI is InChI=1S/C31H24FN3O4S2/c1-19-6-9-26(10-7-19)41(37,38)35-28-11-8-23(32)14-27(28)29(21-13-25(15-33)40-18-21)30(35)20-4-3-5-24(12-20)34-16-22(17-34)31(36)39-2/h3-14,18,22H,16-17H2,1-2H3. The Hall–Kier alpha value is -4.46. The molecule has 3 heterocycles. The average Bonchev–Trinajstić information content (AvgIpc) is 3.55. The van der Waals surface area contributed by atoms with E-state index in [0.29, 0.717) is 51.3 Å². The van der Waals surface area contributed by atoms with E-state index >= 15 is 0 Å². The first kappa shape index (κ1) is 26.7. The minimum atomic E-state index is -4.15. The second kappa shape index (κ2) is 10.2. The van der Waals surface area contributed by atoms with E-state index in [4.69, 9.17) is 4.74 Å². The molecule has 206 valence electrons. The Morgan fingerprint density at radius 3 is 2.49 bits per heavy atom. The number of halogens is 1. The molecule has 1 fully saturated rings. The molecule has 0 radical (unpaired) electrons. The van der Waals surface area contributed by atoms with Crippen LogP contribution in [0.15, 0.2) is 83.1 Å². The molecule has 6 rings (SSSR count). The Morgan fingerprint density at radius 2 is 1.80 bits per heavy atom. The second-order valence-corrected chi connectivity index (χ2v) is 12.7. The van der Waals surface area contributed by atoms with Crippen molar-refractivity contribution in [3.8, 4) is 28.5 Å². The topological polar surface area (TPSA) is 92.4 Å². The van der Waals surface area contributed by atoms with Gasteiger partial charge in [-0.15, -0.1) is 11.3 Å². The van der Waals surface area contributed by atoms with Gasteiger partial charge < -0.3 is 9.64 Å². The van der Waals surface area contributed by atoms with Crippen LogP contribution in [0.5, 0.6) is 0 Å². The molecule has 0 atom stereocenters. The fourth-order valence-corrected chi connectivity index (χ4v) is 7.47. The van der Waals surface area contributed by atoms with E-state index in [1.165, 1.54) is 40.6 Å². The number of ether oxygens (including phenoxy) is 1. The molecule has 0 amide bonds. The van der Waals surface area contributed by atoms with Crippen LogP contribution in [0.4, 0.5) is 10.1 Å². The third-order valence-corrected chi connectivity index (χ3v) is 9.91. The molecule has 1 aliphatic heterocycles. The molecule has 1 aliphatic rings. The van der Waals surface area contributed by atoms with E-state index < -0.39 is 15.8 Å². The van der Waals surface area contributed by atoms with Crippen molar-refractivity contribution in [1.29, 1.82) is 5.26 Å². The van der Waals surface area contributed by atoms with Crippen LogP contribution in [0.1, 0.15) is 10.4 Å². The third kappa shape index (κ3) is 4.57. The summed E-state index contributed by atoms with van der Waals surface area (Å²) in [6.07, 6.45) is 0. The molecule has 0 aliphatic carbocycles. The highest BCUT2D eigenvalue weighted by molar-refractivity contribution is 7.90. The molecule has 7 nitrogen and oxygen atoms in total.